The first-order valence-corrected chi connectivity index (χ1v) is 13.4. The van der Waals surface area contributed by atoms with E-state index in [1.165, 1.54) is 29.8 Å². The van der Waals surface area contributed by atoms with E-state index in [1.807, 2.05) is 11.8 Å². The van der Waals surface area contributed by atoms with E-state index in [0.29, 0.717) is 29.2 Å². The highest BCUT2D eigenvalue weighted by atomic mass is 32.1. The molecule has 7 nitrogen and oxygen atoms in total. The average molecular weight is 482 g/mol. The number of hydrogen-bond acceptors (Lipinski definition) is 6. The molecule has 2 N–H and O–H groups in total. The SMILES string of the molecule is Cc1c(C(=O)NCCC2=CC[C@H]3C[C@@H]2C3(C)C)sc2ncnc(NCCCN3CCCC3=O)c12. The fourth-order valence-corrected chi connectivity index (χ4v) is 7.06. The van der Waals surface area contributed by atoms with Crippen LogP contribution in [0.25, 0.3) is 10.2 Å². The number of aromatic nitrogens is 2. The standard InChI is InChI=1S/C26H35N5O2S/c1-16-21-23(27-10-5-13-31-12-4-6-20(31)32)29-15-30-25(21)34-22(16)24(33)28-11-9-17-7-8-18-14-19(17)26(18,2)3/h7,15,18-19H,4-6,8-14H2,1-3H3,(H,28,33)(H,27,29,30)/t18-,19-/m0/s1. The highest BCUT2D eigenvalue weighted by molar-refractivity contribution is 7.20. The van der Waals surface area contributed by atoms with Gasteiger partial charge < -0.3 is 15.5 Å². The number of fused-ring (bicyclic) bond motifs is 2. The zero-order valence-corrected chi connectivity index (χ0v) is 21.3. The Morgan fingerprint density at radius 3 is 2.88 bits per heavy atom. The molecule has 0 aromatic carbocycles. The van der Waals surface area contributed by atoms with Crippen LogP contribution in [0.4, 0.5) is 5.82 Å². The number of nitrogens with zero attached hydrogens (tertiary/aromatic N) is 3. The largest absolute Gasteiger partial charge is 0.369 e. The van der Waals surface area contributed by atoms with E-state index >= 15 is 0 Å². The van der Waals surface area contributed by atoms with Crippen LogP contribution in [0.3, 0.4) is 0 Å². The molecule has 4 aliphatic rings. The summed E-state index contributed by atoms with van der Waals surface area (Å²) >= 11 is 1.43. The normalized spacial score (nSPS) is 23.1. The zero-order chi connectivity index (χ0) is 23.9. The monoisotopic (exact) mass is 481 g/mol. The van der Waals surface area contributed by atoms with Crippen molar-refractivity contribution in [1.82, 2.24) is 20.2 Å². The zero-order valence-electron chi connectivity index (χ0n) is 20.4. The van der Waals surface area contributed by atoms with E-state index in [4.69, 9.17) is 0 Å². The van der Waals surface area contributed by atoms with E-state index < -0.39 is 0 Å². The first-order chi connectivity index (χ1) is 16.4. The molecule has 3 heterocycles. The van der Waals surface area contributed by atoms with Gasteiger partial charge in [-0.05, 0) is 61.8 Å². The summed E-state index contributed by atoms with van der Waals surface area (Å²) in [6.45, 7) is 9.78. The lowest BCUT2D eigenvalue weighted by molar-refractivity contribution is -0.127. The molecule has 2 amide bonds. The third-order valence-electron chi connectivity index (χ3n) is 8.28. The minimum absolute atomic E-state index is 0.0267. The molecule has 2 aromatic rings. The second-order valence-corrected chi connectivity index (χ2v) is 11.5. The second kappa shape index (κ2) is 9.29. The number of likely N-dealkylation sites (tertiary alicyclic amines) is 1. The van der Waals surface area contributed by atoms with E-state index in [1.54, 1.807) is 6.33 Å². The van der Waals surface area contributed by atoms with Gasteiger partial charge in [-0.15, -0.1) is 11.3 Å². The number of aryl methyl sites for hydroxylation is 1. The summed E-state index contributed by atoms with van der Waals surface area (Å²) in [5, 5.41) is 7.47. The molecule has 1 saturated carbocycles. The highest BCUT2D eigenvalue weighted by Gasteiger charge is 2.50. The number of anilines is 1. The number of carbonyl (C=O) groups is 2. The van der Waals surface area contributed by atoms with Crippen LogP contribution in [0.2, 0.25) is 0 Å². The maximum Gasteiger partial charge on any atom is 0.261 e. The number of nitrogens with one attached hydrogen (secondary N) is 2. The van der Waals surface area contributed by atoms with Crippen molar-refractivity contribution in [1.29, 1.82) is 0 Å². The van der Waals surface area contributed by atoms with Crippen LogP contribution in [-0.2, 0) is 4.79 Å². The molecule has 2 fully saturated rings. The maximum atomic E-state index is 13.0. The molecule has 2 bridgehead atoms. The van der Waals surface area contributed by atoms with Crippen molar-refractivity contribution in [3.05, 3.63) is 28.4 Å². The summed E-state index contributed by atoms with van der Waals surface area (Å²) in [5.41, 5.74) is 2.87. The smallest absolute Gasteiger partial charge is 0.261 e. The predicted octanol–water partition coefficient (Wildman–Crippen LogP) is 4.54. The summed E-state index contributed by atoms with van der Waals surface area (Å²) < 4.78 is 0. The Balaban J connectivity index is 1.18. The average Bonchev–Trinajstić information content (AvgIpc) is 3.39. The lowest BCUT2D eigenvalue weighted by Gasteiger charge is -2.56. The quantitative estimate of drug-likeness (QED) is 0.406. The van der Waals surface area contributed by atoms with Crippen LogP contribution >= 0.6 is 11.3 Å². The molecular weight excluding hydrogens is 446 g/mol. The fraction of sp³-hybridized carbons (Fsp3) is 0.615. The minimum atomic E-state index is -0.0267. The molecule has 0 unspecified atom stereocenters. The number of thiophene rings is 1. The molecule has 0 spiro atoms. The van der Waals surface area contributed by atoms with E-state index in [-0.39, 0.29) is 11.8 Å². The minimum Gasteiger partial charge on any atom is -0.369 e. The molecule has 1 saturated heterocycles. The van der Waals surface area contributed by atoms with Crippen LogP contribution in [0.5, 0.6) is 0 Å². The van der Waals surface area contributed by atoms with E-state index in [0.717, 1.165) is 66.4 Å². The number of hydrogen-bond donors (Lipinski definition) is 2. The third kappa shape index (κ3) is 4.21. The summed E-state index contributed by atoms with van der Waals surface area (Å²) in [4.78, 5) is 37.1. The first-order valence-electron chi connectivity index (χ1n) is 12.6. The van der Waals surface area contributed by atoms with Crippen molar-refractivity contribution >= 4 is 39.2 Å². The second-order valence-electron chi connectivity index (χ2n) is 10.6. The van der Waals surface area contributed by atoms with Crippen LogP contribution in [0.1, 0.15) is 67.6 Å². The number of rotatable bonds is 9. The lowest BCUT2D eigenvalue weighted by atomic mass is 9.48. The van der Waals surface area contributed by atoms with Crippen molar-refractivity contribution in [3.63, 3.8) is 0 Å². The Hall–Kier alpha value is -2.48. The van der Waals surface area contributed by atoms with Crippen LogP contribution in [0, 0.1) is 24.2 Å². The maximum absolute atomic E-state index is 13.0. The van der Waals surface area contributed by atoms with Gasteiger partial charge in [-0.3, -0.25) is 9.59 Å². The summed E-state index contributed by atoms with van der Waals surface area (Å²) in [6.07, 6.45) is 9.90. The van der Waals surface area contributed by atoms with Gasteiger partial charge in [-0.1, -0.05) is 25.5 Å². The molecular formula is C26H35N5O2S. The van der Waals surface area contributed by atoms with Gasteiger partial charge in [0.05, 0.1) is 10.3 Å². The first kappa shape index (κ1) is 23.3. The summed E-state index contributed by atoms with van der Waals surface area (Å²) in [5.74, 6) is 2.51. The van der Waals surface area contributed by atoms with Gasteiger partial charge in [0.25, 0.3) is 5.91 Å². The predicted molar refractivity (Wildman–Crippen MR) is 136 cm³/mol. The van der Waals surface area contributed by atoms with Crippen LogP contribution in [0.15, 0.2) is 18.0 Å². The summed E-state index contributed by atoms with van der Waals surface area (Å²) in [6, 6.07) is 0. The van der Waals surface area contributed by atoms with Crippen molar-refractivity contribution in [2.75, 3.05) is 31.5 Å². The number of allylic oxidation sites excluding steroid dienone is 1. The van der Waals surface area contributed by atoms with Crippen LogP contribution < -0.4 is 10.6 Å². The van der Waals surface area contributed by atoms with Gasteiger partial charge in [0.2, 0.25) is 5.91 Å². The third-order valence-corrected chi connectivity index (χ3v) is 9.48. The van der Waals surface area contributed by atoms with E-state index in [9.17, 15) is 9.59 Å². The van der Waals surface area contributed by atoms with Gasteiger partial charge in [-0.2, -0.15) is 0 Å². The van der Waals surface area contributed by atoms with Crippen molar-refractivity contribution in [3.8, 4) is 0 Å². The Morgan fingerprint density at radius 2 is 2.15 bits per heavy atom. The molecule has 2 aromatic heterocycles. The Morgan fingerprint density at radius 1 is 1.29 bits per heavy atom. The van der Waals surface area contributed by atoms with Crippen molar-refractivity contribution in [2.45, 2.75) is 59.3 Å². The molecule has 3 aliphatic carbocycles. The van der Waals surface area contributed by atoms with E-state index in [2.05, 4.69) is 40.5 Å². The topological polar surface area (TPSA) is 87.2 Å². The van der Waals surface area contributed by atoms with Gasteiger partial charge >= 0.3 is 0 Å². The molecule has 0 radical (unpaired) electrons. The van der Waals surface area contributed by atoms with Gasteiger partial charge in [-0.25, -0.2) is 9.97 Å². The lowest BCUT2D eigenvalue weighted by Crippen LogP contribution is -2.48. The summed E-state index contributed by atoms with van der Waals surface area (Å²) in [7, 11) is 0. The number of carbonyl (C=O) groups excluding carboxylic acids is 2. The van der Waals surface area contributed by atoms with Gasteiger partial charge in [0, 0.05) is 32.6 Å². The van der Waals surface area contributed by atoms with Crippen molar-refractivity contribution < 1.29 is 9.59 Å². The Kier molecular flexibility index (Phi) is 6.35. The fourth-order valence-electron chi connectivity index (χ4n) is 6.00. The van der Waals surface area contributed by atoms with Crippen LogP contribution in [-0.4, -0.2) is 52.9 Å². The number of amides is 2. The molecule has 34 heavy (non-hydrogen) atoms. The Bertz CT molecular complexity index is 1140. The molecule has 1 aliphatic heterocycles. The molecule has 2 atom stereocenters. The molecule has 6 rings (SSSR count). The van der Waals surface area contributed by atoms with Crippen molar-refractivity contribution in [2.24, 2.45) is 17.3 Å². The van der Waals surface area contributed by atoms with Gasteiger partial charge in [0.1, 0.15) is 17.0 Å². The molecule has 8 heteroatoms. The molecule has 182 valence electrons. The van der Waals surface area contributed by atoms with Gasteiger partial charge in [0.15, 0.2) is 0 Å². The Labute approximate surface area is 205 Å². The highest BCUT2D eigenvalue weighted by Crippen LogP contribution is 2.59.